The average Bonchev–Trinajstić information content (AvgIpc) is 3.75. The summed E-state index contributed by atoms with van der Waals surface area (Å²) in [5.74, 6) is 0. The molecule has 0 amide bonds. The quantitative estimate of drug-likeness (QED) is 0.208. The highest BCUT2D eigenvalue weighted by Crippen LogP contribution is 2.44. The molecule has 0 bridgehead atoms. The van der Waals surface area contributed by atoms with Gasteiger partial charge in [-0.2, -0.15) is 0 Å². The van der Waals surface area contributed by atoms with Crippen LogP contribution in [0.4, 0.5) is 17.1 Å². The zero-order valence-corrected chi connectivity index (χ0v) is 24.1. The molecule has 0 spiro atoms. The zero-order chi connectivity index (χ0) is 28.8. The molecule has 0 N–H and O–H groups in total. The van der Waals surface area contributed by atoms with Gasteiger partial charge in [0.1, 0.15) is 16.7 Å². The van der Waals surface area contributed by atoms with Gasteiger partial charge in [-0.1, -0.05) is 66.7 Å². The average molecular weight is 583 g/mol. The van der Waals surface area contributed by atoms with E-state index in [2.05, 4.69) is 119 Å². The summed E-state index contributed by atoms with van der Waals surface area (Å²) in [6.07, 6.45) is 1.89. The minimum absolute atomic E-state index is 0.653. The van der Waals surface area contributed by atoms with Crippen molar-refractivity contribution in [1.82, 2.24) is 4.98 Å². The van der Waals surface area contributed by atoms with Crippen LogP contribution in [0.2, 0.25) is 0 Å². The molecule has 6 aromatic carbocycles. The summed E-state index contributed by atoms with van der Waals surface area (Å²) in [7, 11) is 0. The van der Waals surface area contributed by atoms with E-state index in [9.17, 15) is 0 Å². The molecule has 0 aliphatic rings. The normalized spacial score (nSPS) is 12.1. The maximum Gasteiger partial charge on any atom is 0.227 e. The minimum atomic E-state index is 0.653. The molecule has 0 radical (unpaired) electrons. The van der Waals surface area contributed by atoms with E-state index in [1.54, 1.807) is 0 Å². The van der Waals surface area contributed by atoms with Crippen LogP contribution in [0.1, 0.15) is 0 Å². The number of furan rings is 2. The van der Waals surface area contributed by atoms with Crippen molar-refractivity contribution in [2.45, 2.75) is 0 Å². The number of hydrogen-bond acceptors (Lipinski definition) is 5. The molecular weight excluding hydrogens is 561 g/mol. The van der Waals surface area contributed by atoms with Gasteiger partial charge < -0.3 is 13.7 Å². The first-order valence-corrected chi connectivity index (χ1v) is 15.4. The predicted molar refractivity (Wildman–Crippen MR) is 184 cm³/mol. The lowest BCUT2D eigenvalue weighted by molar-refractivity contribution is 0.654. The Hall–Kier alpha value is -5.65. The molecular formula is C39H22N2O2S. The Bertz CT molecular complexity index is 2750. The predicted octanol–water partition coefficient (Wildman–Crippen LogP) is 11.9. The van der Waals surface area contributed by atoms with Crippen molar-refractivity contribution in [2.24, 2.45) is 0 Å². The zero-order valence-electron chi connectivity index (χ0n) is 23.3. The number of nitrogens with zero attached hydrogens (tertiary/aromatic N) is 2. The summed E-state index contributed by atoms with van der Waals surface area (Å²) in [6, 6.07) is 44.9. The number of hydrogen-bond donors (Lipinski definition) is 0. The highest BCUT2D eigenvalue weighted by atomic mass is 32.1. The standard InChI is InChI=1S/C39H22N2O2S/c1-2-8-27-23(7-1)22-40-39-38(27)32-20-25(15-18-35(32)43-39)41(24-14-17-34-31(19-24)28-9-3-5-11-33(28)42-34)26-13-16-30-29-10-4-6-12-36(29)44-37(30)21-26/h1-22H. The van der Waals surface area contributed by atoms with Crippen LogP contribution in [0.25, 0.3) is 75.0 Å². The SMILES string of the molecule is c1ccc2c(c1)cnc1oc3ccc(N(c4ccc5c(c4)sc4ccccc45)c4ccc5oc6ccccc6c5c4)cc3c12. The van der Waals surface area contributed by atoms with Gasteiger partial charge in [0.15, 0.2) is 0 Å². The van der Waals surface area contributed by atoms with Crippen molar-refractivity contribution in [2.75, 3.05) is 4.90 Å². The van der Waals surface area contributed by atoms with Gasteiger partial charge >= 0.3 is 0 Å². The third-order valence-corrected chi connectivity index (χ3v) is 9.83. The molecule has 0 saturated heterocycles. The summed E-state index contributed by atoms with van der Waals surface area (Å²) < 4.78 is 15.0. The van der Waals surface area contributed by atoms with Gasteiger partial charge in [0.2, 0.25) is 5.71 Å². The lowest BCUT2D eigenvalue weighted by Gasteiger charge is -2.25. The van der Waals surface area contributed by atoms with Crippen molar-refractivity contribution in [3.8, 4) is 0 Å². The molecule has 0 atom stereocenters. The molecule has 0 fully saturated rings. The van der Waals surface area contributed by atoms with Gasteiger partial charge in [-0.05, 0) is 66.0 Å². The van der Waals surface area contributed by atoms with Crippen molar-refractivity contribution < 1.29 is 8.83 Å². The Kier molecular flexibility index (Phi) is 4.84. The Morgan fingerprint density at radius 1 is 0.477 bits per heavy atom. The number of thiophene rings is 1. The number of fused-ring (bicyclic) bond motifs is 11. The molecule has 10 aromatic rings. The topological polar surface area (TPSA) is 42.4 Å². The highest BCUT2D eigenvalue weighted by molar-refractivity contribution is 7.25. The van der Waals surface area contributed by atoms with Gasteiger partial charge in [0, 0.05) is 65.0 Å². The summed E-state index contributed by atoms with van der Waals surface area (Å²) in [5, 5.41) is 9.09. The second-order valence-electron chi connectivity index (χ2n) is 11.2. The fourth-order valence-electron chi connectivity index (χ4n) is 6.68. The summed E-state index contributed by atoms with van der Waals surface area (Å²) >= 11 is 1.83. The monoisotopic (exact) mass is 582 g/mol. The number of rotatable bonds is 3. The van der Waals surface area contributed by atoms with E-state index in [4.69, 9.17) is 8.83 Å². The minimum Gasteiger partial charge on any atom is -0.456 e. The second kappa shape index (κ2) is 8.93. The summed E-state index contributed by atoms with van der Waals surface area (Å²) in [4.78, 5) is 7.00. The smallest absolute Gasteiger partial charge is 0.227 e. The molecule has 4 heterocycles. The number of benzene rings is 6. The Labute approximate surface area is 255 Å². The first-order valence-electron chi connectivity index (χ1n) is 14.6. The van der Waals surface area contributed by atoms with Gasteiger partial charge in [-0.15, -0.1) is 11.3 Å². The van der Waals surface area contributed by atoms with E-state index < -0.39 is 0 Å². The van der Waals surface area contributed by atoms with E-state index in [0.29, 0.717) is 5.71 Å². The summed E-state index contributed by atoms with van der Waals surface area (Å²) in [6.45, 7) is 0. The molecule has 0 aliphatic heterocycles. The maximum atomic E-state index is 6.25. The van der Waals surface area contributed by atoms with E-state index in [-0.39, 0.29) is 0 Å². The third kappa shape index (κ3) is 3.41. The number of para-hydroxylation sites is 1. The van der Waals surface area contributed by atoms with Crippen molar-refractivity contribution in [3.05, 3.63) is 134 Å². The van der Waals surface area contributed by atoms with Gasteiger partial charge in [-0.3, -0.25) is 0 Å². The first kappa shape index (κ1) is 23.9. The molecule has 0 saturated carbocycles. The highest BCUT2D eigenvalue weighted by Gasteiger charge is 2.19. The van der Waals surface area contributed by atoms with E-state index in [1.165, 1.54) is 20.2 Å². The van der Waals surface area contributed by atoms with Gasteiger partial charge in [0.05, 0.1) is 5.39 Å². The molecule has 0 aliphatic carbocycles. The van der Waals surface area contributed by atoms with Crippen LogP contribution in [0.5, 0.6) is 0 Å². The molecule has 206 valence electrons. The van der Waals surface area contributed by atoms with Crippen molar-refractivity contribution >= 4 is 103 Å². The molecule has 10 rings (SSSR count). The van der Waals surface area contributed by atoms with E-state index >= 15 is 0 Å². The van der Waals surface area contributed by atoms with Gasteiger partial charge in [0.25, 0.3) is 0 Å². The van der Waals surface area contributed by atoms with Crippen molar-refractivity contribution in [1.29, 1.82) is 0 Å². The fourth-order valence-corrected chi connectivity index (χ4v) is 7.82. The number of pyridine rings is 1. The van der Waals surface area contributed by atoms with Crippen LogP contribution in [-0.4, -0.2) is 4.98 Å². The molecule has 44 heavy (non-hydrogen) atoms. The van der Waals surface area contributed by atoms with Crippen LogP contribution < -0.4 is 4.90 Å². The Morgan fingerprint density at radius 2 is 1.11 bits per heavy atom. The lowest BCUT2D eigenvalue weighted by Crippen LogP contribution is -2.09. The van der Waals surface area contributed by atoms with E-state index in [1.807, 2.05) is 35.7 Å². The van der Waals surface area contributed by atoms with Crippen LogP contribution in [-0.2, 0) is 0 Å². The van der Waals surface area contributed by atoms with Crippen LogP contribution in [0.3, 0.4) is 0 Å². The van der Waals surface area contributed by atoms with Crippen LogP contribution in [0, 0.1) is 0 Å². The van der Waals surface area contributed by atoms with E-state index in [0.717, 1.165) is 66.1 Å². The maximum absolute atomic E-state index is 6.25. The number of anilines is 3. The molecule has 5 heteroatoms. The number of aromatic nitrogens is 1. The molecule has 0 unspecified atom stereocenters. The lowest BCUT2D eigenvalue weighted by atomic mass is 10.1. The first-order chi connectivity index (χ1) is 21.8. The fraction of sp³-hybridized carbons (Fsp3) is 0. The Balaban J connectivity index is 1.25. The van der Waals surface area contributed by atoms with Crippen LogP contribution >= 0.6 is 11.3 Å². The van der Waals surface area contributed by atoms with Gasteiger partial charge in [-0.25, -0.2) is 4.98 Å². The largest absolute Gasteiger partial charge is 0.456 e. The second-order valence-corrected chi connectivity index (χ2v) is 12.3. The summed E-state index contributed by atoms with van der Waals surface area (Å²) in [5.41, 5.74) is 6.43. The van der Waals surface area contributed by atoms with Crippen molar-refractivity contribution in [3.63, 3.8) is 0 Å². The molecule has 4 aromatic heterocycles. The van der Waals surface area contributed by atoms with Crippen LogP contribution in [0.15, 0.2) is 142 Å². The molecule has 4 nitrogen and oxygen atoms in total. The Morgan fingerprint density at radius 3 is 2.00 bits per heavy atom. The third-order valence-electron chi connectivity index (χ3n) is 8.70.